The fourth-order valence-electron chi connectivity index (χ4n) is 3.97. The van der Waals surface area contributed by atoms with E-state index in [-0.39, 0.29) is 6.42 Å². The molecule has 0 aliphatic rings. The molecule has 4 rings (SSSR count). The average molecular weight is 615 g/mol. The lowest BCUT2D eigenvalue weighted by atomic mass is 10.0. The molecule has 0 aliphatic heterocycles. The van der Waals surface area contributed by atoms with E-state index >= 15 is 0 Å². The van der Waals surface area contributed by atoms with Crippen LogP contribution in [0.1, 0.15) is 22.2 Å². The maximum Gasteiger partial charge on any atom is 0.407 e. The van der Waals surface area contributed by atoms with Crippen molar-refractivity contribution in [3.8, 4) is 11.3 Å². The van der Waals surface area contributed by atoms with Crippen LogP contribution in [-0.2, 0) is 37.6 Å². The van der Waals surface area contributed by atoms with Crippen molar-refractivity contribution in [1.29, 1.82) is 0 Å². The van der Waals surface area contributed by atoms with Crippen molar-refractivity contribution in [2.75, 3.05) is 12.6 Å². The Labute approximate surface area is 247 Å². The molecule has 10 nitrogen and oxygen atoms in total. The number of ether oxygens (including phenoxy) is 1. The quantitative estimate of drug-likeness (QED) is 0.133. The van der Waals surface area contributed by atoms with Crippen LogP contribution in [-0.4, -0.2) is 38.6 Å². The van der Waals surface area contributed by atoms with Gasteiger partial charge in [-0.2, -0.15) is 4.28 Å². The van der Waals surface area contributed by atoms with E-state index in [1.807, 2.05) is 47.8 Å². The van der Waals surface area contributed by atoms with Crippen molar-refractivity contribution in [1.82, 2.24) is 15.6 Å². The number of anilines is 1. The summed E-state index contributed by atoms with van der Waals surface area (Å²) in [7, 11) is -1.81. The molecule has 13 heteroatoms. The van der Waals surface area contributed by atoms with E-state index in [2.05, 4.69) is 20.4 Å². The minimum absolute atomic E-state index is 0.255. The number of benzene rings is 3. The topological polar surface area (TPSA) is 136 Å². The number of amides is 2. The summed E-state index contributed by atoms with van der Waals surface area (Å²) in [4.78, 5) is 30.5. The summed E-state index contributed by atoms with van der Waals surface area (Å²) >= 11 is 7.43. The molecule has 0 unspecified atom stereocenters. The van der Waals surface area contributed by atoms with E-state index in [0.29, 0.717) is 22.1 Å². The van der Waals surface area contributed by atoms with Gasteiger partial charge < -0.3 is 15.4 Å². The molecule has 0 saturated carbocycles. The SMILES string of the molecule is COC(=O)N[C@@H](Cc1ccccc1)C(=O)N[C@@H](Cc1ccc(NO[SH](=O)=O)cc1)c1nc(-c2ccc(Cl)cc2)cs1. The molecule has 2 amide bonds. The highest BCUT2D eigenvalue weighted by Crippen LogP contribution is 2.29. The number of halogens is 1. The van der Waals surface area contributed by atoms with Gasteiger partial charge in [-0.1, -0.05) is 66.2 Å². The third-order valence-corrected chi connectivity index (χ3v) is 7.44. The van der Waals surface area contributed by atoms with Crippen LogP contribution in [0.4, 0.5) is 10.5 Å². The average Bonchev–Trinajstić information content (AvgIpc) is 3.47. The third-order valence-electron chi connectivity index (χ3n) is 5.98. The van der Waals surface area contributed by atoms with Crippen LogP contribution in [0, 0.1) is 0 Å². The summed E-state index contributed by atoms with van der Waals surface area (Å²) < 4.78 is 30.6. The minimum Gasteiger partial charge on any atom is -0.453 e. The number of nitrogens with one attached hydrogen (secondary N) is 3. The fraction of sp³-hybridized carbons (Fsp3) is 0.179. The number of aromatic nitrogens is 1. The molecule has 3 aromatic carbocycles. The number of alkyl carbamates (subject to hydrolysis) is 1. The Morgan fingerprint density at radius 3 is 2.27 bits per heavy atom. The summed E-state index contributed by atoms with van der Waals surface area (Å²) in [5, 5.41) is 8.86. The maximum atomic E-state index is 13.6. The fourth-order valence-corrected chi connectivity index (χ4v) is 5.15. The standard InChI is InChI=1S/C28H27ClN4O6S2/c1-38-28(35)32-23(15-18-5-3-2-4-6-18)26(34)30-24(16-19-7-13-22(14-8-19)33-39-41(36)37)27-31-25(17-40-27)20-9-11-21(29)12-10-20/h2-14,17,23-24,33,41H,15-16H2,1H3,(H,30,34)(H,32,35)/t23-,24-/m0/s1. The van der Waals surface area contributed by atoms with E-state index in [0.717, 1.165) is 22.4 Å². The summed E-state index contributed by atoms with van der Waals surface area (Å²) in [6, 6.07) is 22.1. The predicted molar refractivity (Wildman–Crippen MR) is 158 cm³/mol. The van der Waals surface area contributed by atoms with Gasteiger partial charge in [0.2, 0.25) is 5.91 Å². The van der Waals surface area contributed by atoms with Gasteiger partial charge in [0.25, 0.3) is 11.0 Å². The second-order valence-corrected chi connectivity index (χ2v) is 10.8. The molecular weight excluding hydrogens is 588 g/mol. The van der Waals surface area contributed by atoms with Gasteiger partial charge in [0.1, 0.15) is 11.0 Å². The molecule has 0 spiro atoms. The Bertz CT molecular complexity index is 1520. The Kier molecular flexibility index (Phi) is 10.7. The van der Waals surface area contributed by atoms with Gasteiger partial charge in [-0.15, -0.1) is 11.3 Å². The second-order valence-electron chi connectivity index (χ2n) is 8.84. The summed E-state index contributed by atoms with van der Waals surface area (Å²) in [5.74, 6) is -0.404. The summed E-state index contributed by atoms with van der Waals surface area (Å²) in [6.07, 6.45) is -0.0980. The molecule has 0 aliphatic carbocycles. The number of hydrogen-bond acceptors (Lipinski definition) is 9. The van der Waals surface area contributed by atoms with E-state index in [9.17, 15) is 18.0 Å². The monoisotopic (exact) mass is 614 g/mol. The molecule has 214 valence electrons. The highest BCUT2D eigenvalue weighted by atomic mass is 35.5. The lowest BCUT2D eigenvalue weighted by molar-refractivity contribution is -0.123. The Morgan fingerprint density at radius 1 is 0.927 bits per heavy atom. The molecule has 0 radical (unpaired) electrons. The van der Waals surface area contributed by atoms with Gasteiger partial charge in [-0.25, -0.2) is 23.7 Å². The normalized spacial score (nSPS) is 12.4. The van der Waals surface area contributed by atoms with Crippen LogP contribution in [0.25, 0.3) is 11.3 Å². The first-order valence-corrected chi connectivity index (χ1v) is 14.7. The number of thiazole rings is 1. The molecule has 0 fully saturated rings. The van der Waals surface area contributed by atoms with Gasteiger partial charge >= 0.3 is 6.09 Å². The van der Waals surface area contributed by atoms with Crippen molar-refractivity contribution in [3.05, 3.63) is 105 Å². The van der Waals surface area contributed by atoms with Crippen LogP contribution in [0.3, 0.4) is 0 Å². The van der Waals surface area contributed by atoms with Gasteiger partial charge in [0, 0.05) is 22.4 Å². The molecular formula is C28H27ClN4O6S2. The number of carbonyl (C=O) groups is 2. The van der Waals surface area contributed by atoms with Crippen LogP contribution >= 0.6 is 22.9 Å². The molecule has 0 saturated heterocycles. The number of hydrogen-bond donors (Lipinski definition) is 4. The smallest absolute Gasteiger partial charge is 0.407 e. The second kappa shape index (κ2) is 14.6. The van der Waals surface area contributed by atoms with Crippen molar-refractivity contribution >= 4 is 51.6 Å². The van der Waals surface area contributed by atoms with Crippen molar-refractivity contribution < 1.29 is 27.0 Å². The molecule has 0 bridgehead atoms. The van der Waals surface area contributed by atoms with Crippen LogP contribution in [0.2, 0.25) is 5.02 Å². The van der Waals surface area contributed by atoms with Crippen molar-refractivity contribution in [2.45, 2.75) is 24.9 Å². The third kappa shape index (κ3) is 9.02. The van der Waals surface area contributed by atoms with E-state index in [4.69, 9.17) is 21.3 Å². The molecule has 1 aromatic heterocycles. The van der Waals surface area contributed by atoms with E-state index in [1.54, 1.807) is 36.4 Å². The largest absolute Gasteiger partial charge is 0.453 e. The first kappa shape index (κ1) is 30.0. The number of thiol groups is 1. The molecule has 1 heterocycles. The van der Waals surface area contributed by atoms with Crippen molar-refractivity contribution in [2.24, 2.45) is 0 Å². The summed E-state index contributed by atoms with van der Waals surface area (Å²) in [5.41, 5.74) is 6.10. The van der Waals surface area contributed by atoms with Crippen molar-refractivity contribution in [3.63, 3.8) is 0 Å². The lowest BCUT2D eigenvalue weighted by Crippen LogP contribution is -2.49. The highest BCUT2D eigenvalue weighted by molar-refractivity contribution is 7.67. The van der Waals surface area contributed by atoms with Crippen LogP contribution < -0.4 is 16.1 Å². The van der Waals surface area contributed by atoms with Gasteiger partial charge in [-0.3, -0.25) is 4.79 Å². The molecule has 2 atom stereocenters. The Morgan fingerprint density at radius 2 is 1.61 bits per heavy atom. The van der Waals surface area contributed by atoms with Gasteiger partial charge in [0.15, 0.2) is 0 Å². The Balaban J connectivity index is 1.59. The number of rotatable bonds is 12. The zero-order valence-electron chi connectivity index (χ0n) is 21.8. The highest BCUT2D eigenvalue weighted by Gasteiger charge is 2.26. The Hall–Kier alpha value is -3.97. The van der Waals surface area contributed by atoms with E-state index < -0.39 is 35.1 Å². The molecule has 3 N–H and O–H groups in total. The van der Waals surface area contributed by atoms with E-state index in [1.165, 1.54) is 18.4 Å². The first-order valence-electron chi connectivity index (χ1n) is 12.4. The zero-order valence-corrected chi connectivity index (χ0v) is 24.2. The first-order chi connectivity index (χ1) is 19.8. The molecule has 41 heavy (non-hydrogen) atoms. The summed E-state index contributed by atoms with van der Waals surface area (Å²) in [6.45, 7) is 0. The van der Waals surface area contributed by atoms with Gasteiger partial charge in [-0.05, 0) is 41.8 Å². The lowest BCUT2D eigenvalue weighted by Gasteiger charge is -2.22. The van der Waals surface area contributed by atoms with Crippen LogP contribution in [0.5, 0.6) is 0 Å². The van der Waals surface area contributed by atoms with Gasteiger partial charge in [0.05, 0.1) is 24.5 Å². The maximum absolute atomic E-state index is 13.6. The zero-order chi connectivity index (χ0) is 29.2. The minimum atomic E-state index is -3.05. The number of nitrogens with zero attached hydrogens (tertiary/aromatic N) is 1. The predicted octanol–water partition coefficient (Wildman–Crippen LogP) is 4.70. The van der Waals surface area contributed by atoms with Crippen LogP contribution in [0.15, 0.2) is 84.2 Å². The number of methoxy groups -OCH3 is 1. The number of carbonyl (C=O) groups excluding carboxylic acids is 2. The molecule has 4 aromatic rings.